The molecular formula is C15H22F2O3S. The minimum absolute atomic E-state index is 0.464. The molecule has 0 spiro atoms. The zero-order chi connectivity index (χ0) is 15.3. The zero-order valence-corrected chi connectivity index (χ0v) is 13.0. The van der Waals surface area contributed by atoms with Crippen LogP contribution in [0.4, 0.5) is 8.78 Å². The van der Waals surface area contributed by atoms with Gasteiger partial charge in [-0.2, -0.15) is 8.78 Å². The molecular weight excluding hydrogens is 298 g/mol. The van der Waals surface area contributed by atoms with E-state index in [0.29, 0.717) is 17.8 Å². The third-order valence-electron chi connectivity index (χ3n) is 5.37. The zero-order valence-electron chi connectivity index (χ0n) is 12.2. The number of halogens is 2. The summed E-state index contributed by atoms with van der Waals surface area (Å²) in [7, 11) is -2.15. The van der Waals surface area contributed by atoms with Crippen molar-refractivity contribution in [2.24, 2.45) is 23.2 Å². The normalized spacial score (nSPS) is 39.5. The van der Waals surface area contributed by atoms with Crippen molar-refractivity contribution >= 4 is 22.1 Å². The average Bonchev–Trinajstić information content (AvgIpc) is 2.42. The molecule has 0 aromatic rings. The smallest absolute Gasteiger partial charge is 0.343 e. The summed E-state index contributed by atoms with van der Waals surface area (Å²) in [6.07, 6.45) is 5.96. The van der Waals surface area contributed by atoms with E-state index in [4.69, 9.17) is 4.74 Å². The summed E-state index contributed by atoms with van der Waals surface area (Å²) in [6, 6.07) is 0. The van der Waals surface area contributed by atoms with Crippen LogP contribution >= 0.6 is 10.8 Å². The standard InChI is InChI=1S/C15H22F2O3S/c1-2-21(19)15(16,17)9-20-13(18)14-6-10-3-11(7-14)5-12(4-10)8-14/h2,10-12,19H,3-9H2,1H3. The summed E-state index contributed by atoms with van der Waals surface area (Å²) in [5.41, 5.74) is -0.519. The Labute approximate surface area is 126 Å². The fourth-order valence-corrected chi connectivity index (χ4v) is 5.42. The molecule has 0 amide bonds. The van der Waals surface area contributed by atoms with Crippen LogP contribution in [0.3, 0.4) is 0 Å². The van der Waals surface area contributed by atoms with E-state index < -0.39 is 34.0 Å². The van der Waals surface area contributed by atoms with Gasteiger partial charge in [-0.25, -0.2) is 0 Å². The van der Waals surface area contributed by atoms with Crippen LogP contribution in [0, 0.1) is 23.2 Å². The Hall–Kier alpha value is -0.490. The first-order valence-electron chi connectivity index (χ1n) is 7.61. The topological polar surface area (TPSA) is 46.5 Å². The Bertz CT molecular complexity index is 440. The van der Waals surface area contributed by atoms with Crippen LogP contribution < -0.4 is 0 Å². The monoisotopic (exact) mass is 320 g/mol. The van der Waals surface area contributed by atoms with Gasteiger partial charge in [0.1, 0.15) is 0 Å². The number of hydrogen-bond acceptors (Lipinski definition) is 3. The van der Waals surface area contributed by atoms with Crippen molar-refractivity contribution in [3.63, 3.8) is 0 Å². The van der Waals surface area contributed by atoms with Gasteiger partial charge in [0.15, 0.2) is 6.61 Å². The Balaban J connectivity index is 1.66. The van der Waals surface area contributed by atoms with Gasteiger partial charge in [0, 0.05) is 10.8 Å². The highest BCUT2D eigenvalue weighted by Gasteiger charge is 2.55. The Morgan fingerprint density at radius 3 is 2.19 bits per heavy atom. The summed E-state index contributed by atoms with van der Waals surface area (Å²) in [6.45, 7) is 0.357. The minimum Gasteiger partial charge on any atom is -0.458 e. The van der Waals surface area contributed by atoms with Crippen LogP contribution in [-0.2, 0) is 9.53 Å². The Kier molecular flexibility index (Phi) is 3.89. The van der Waals surface area contributed by atoms with Gasteiger partial charge in [0.05, 0.1) is 5.41 Å². The quantitative estimate of drug-likeness (QED) is 0.631. The van der Waals surface area contributed by atoms with Crippen molar-refractivity contribution in [3.8, 4) is 0 Å². The lowest BCUT2D eigenvalue weighted by molar-refractivity contribution is -0.176. The molecule has 0 aliphatic heterocycles. The van der Waals surface area contributed by atoms with E-state index in [9.17, 15) is 18.1 Å². The second-order valence-electron chi connectivity index (χ2n) is 6.96. The lowest BCUT2D eigenvalue weighted by Crippen LogP contribution is -2.51. The number of carbonyl (C=O) groups is 1. The molecule has 120 valence electrons. The van der Waals surface area contributed by atoms with E-state index in [2.05, 4.69) is 0 Å². The van der Waals surface area contributed by atoms with Crippen molar-refractivity contribution < 1.29 is 22.9 Å². The summed E-state index contributed by atoms with van der Waals surface area (Å²) in [5.74, 6) is 1.25. The van der Waals surface area contributed by atoms with Gasteiger partial charge in [0.25, 0.3) is 0 Å². The first-order chi connectivity index (χ1) is 9.84. The van der Waals surface area contributed by atoms with Crippen molar-refractivity contribution in [2.75, 3.05) is 6.61 Å². The van der Waals surface area contributed by atoms with Gasteiger partial charge in [-0.05, 0) is 68.6 Å². The second kappa shape index (κ2) is 5.30. The molecule has 0 heterocycles. The van der Waals surface area contributed by atoms with Crippen LogP contribution in [0.5, 0.6) is 0 Å². The van der Waals surface area contributed by atoms with Crippen molar-refractivity contribution in [3.05, 3.63) is 0 Å². The molecule has 0 aromatic heterocycles. The molecule has 0 aromatic carbocycles. The van der Waals surface area contributed by atoms with Crippen LogP contribution in [0.25, 0.3) is 0 Å². The predicted molar refractivity (Wildman–Crippen MR) is 78.5 cm³/mol. The van der Waals surface area contributed by atoms with Gasteiger partial charge in [-0.15, -0.1) is 0 Å². The summed E-state index contributed by atoms with van der Waals surface area (Å²) in [4.78, 5) is 12.4. The first-order valence-corrected chi connectivity index (χ1v) is 8.86. The van der Waals surface area contributed by atoms with E-state index in [-0.39, 0.29) is 0 Å². The third kappa shape index (κ3) is 2.77. The first kappa shape index (κ1) is 15.4. The Morgan fingerprint density at radius 2 is 1.76 bits per heavy atom. The number of ether oxygens (including phenoxy) is 1. The lowest BCUT2D eigenvalue weighted by atomic mass is 9.49. The van der Waals surface area contributed by atoms with E-state index >= 15 is 0 Å². The number of alkyl halides is 2. The molecule has 4 bridgehead atoms. The summed E-state index contributed by atoms with van der Waals surface area (Å²) in [5, 5.41) is -2.34. The molecule has 4 rings (SSSR count). The predicted octanol–water partition coefficient (Wildman–Crippen LogP) is 3.90. The average molecular weight is 320 g/mol. The third-order valence-corrected chi connectivity index (χ3v) is 6.55. The minimum atomic E-state index is -3.38. The van der Waals surface area contributed by atoms with Crippen LogP contribution in [-0.4, -0.2) is 27.8 Å². The van der Waals surface area contributed by atoms with Crippen molar-refractivity contribution in [1.29, 1.82) is 0 Å². The molecule has 3 nitrogen and oxygen atoms in total. The molecule has 21 heavy (non-hydrogen) atoms. The molecule has 0 radical (unpaired) electrons. The highest BCUT2D eigenvalue weighted by atomic mass is 32.2. The molecule has 4 aliphatic rings. The van der Waals surface area contributed by atoms with E-state index in [1.54, 1.807) is 0 Å². The Morgan fingerprint density at radius 1 is 1.29 bits per heavy atom. The molecule has 1 atom stereocenters. The van der Waals surface area contributed by atoms with Gasteiger partial charge in [0.2, 0.25) is 0 Å². The van der Waals surface area contributed by atoms with Crippen molar-refractivity contribution in [1.82, 2.24) is 0 Å². The van der Waals surface area contributed by atoms with Crippen molar-refractivity contribution in [2.45, 2.75) is 50.7 Å². The highest BCUT2D eigenvalue weighted by Crippen LogP contribution is 2.60. The molecule has 4 aliphatic carbocycles. The number of esters is 1. The number of rotatable bonds is 4. The molecule has 4 fully saturated rings. The van der Waals surface area contributed by atoms with Crippen LogP contribution in [0.1, 0.15) is 45.4 Å². The maximum Gasteiger partial charge on any atom is 0.343 e. The molecule has 6 heteroatoms. The number of hydrogen-bond donors (Lipinski definition) is 1. The van der Waals surface area contributed by atoms with Crippen LogP contribution in [0.15, 0.2) is 0 Å². The number of carbonyl (C=O) groups excluding carboxylic acids is 1. The lowest BCUT2D eigenvalue weighted by Gasteiger charge is -2.55. The second-order valence-corrected chi connectivity index (χ2v) is 8.66. The fourth-order valence-electron chi connectivity index (χ4n) is 4.90. The maximum absolute atomic E-state index is 13.6. The summed E-state index contributed by atoms with van der Waals surface area (Å²) < 4.78 is 41.4. The van der Waals surface area contributed by atoms with Gasteiger partial charge >= 0.3 is 11.2 Å². The van der Waals surface area contributed by atoms with Gasteiger partial charge < -0.3 is 9.29 Å². The highest BCUT2D eigenvalue weighted by molar-refractivity contribution is 8.10. The van der Waals surface area contributed by atoms with E-state index in [1.807, 2.05) is 0 Å². The van der Waals surface area contributed by atoms with Crippen LogP contribution in [0.2, 0.25) is 0 Å². The molecule has 1 unspecified atom stereocenters. The summed E-state index contributed by atoms with van der Waals surface area (Å²) >= 11 is 0. The van der Waals surface area contributed by atoms with Gasteiger partial charge in [-0.1, -0.05) is 0 Å². The molecule has 4 saturated carbocycles. The van der Waals surface area contributed by atoms with E-state index in [0.717, 1.165) is 24.6 Å². The largest absolute Gasteiger partial charge is 0.458 e. The SMILES string of the molecule is C/C=S(\O)C(F)(F)COC(=O)C12CC3CC(CC(C3)C1)C2. The molecule has 1 N–H and O–H groups in total. The van der Waals surface area contributed by atoms with E-state index in [1.165, 1.54) is 26.2 Å². The van der Waals surface area contributed by atoms with Gasteiger partial charge in [-0.3, -0.25) is 4.79 Å². The maximum atomic E-state index is 13.6. The fraction of sp³-hybridized carbons (Fsp3) is 0.867. The molecule has 0 saturated heterocycles.